The van der Waals surface area contributed by atoms with Gasteiger partial charge in [0.15, 0.2) is 0 Å². The number of nitrogens with zero attached hydrogens (tertiary/aromatic N) is 1. The largest absolute Gasteiger partial charge is 0.485 e. The quantitative estimate of drug-likeness (QED) is 0.864. The molecule has 2 rings (SSSR count). The van der Waals surface area contributed by atoms with Crippen LogP contribution in [0.3, 0.4) is 0 Å². The van der Waals surface area contributed by atoms with Gasteiger partial charge in [0.1, 0.15) is 17.5 Å². The average molecular weight is 305 g/mol. The molecule has 2 atom stereocenters. The molecule has 2 unspecified atom stereocenters. The summed E-state index contributed by atoms with van der Waals surface area (Å²) in [4.78, 5) is 2.37. The van der Waals surface area contributed by atoms with E-state index in [1.54, 1.807) is 0 Å². The first-order chi connectivity index (χ1) is 10.5. The summed E-state index contributed by atoms with van der Waals surface area (Å²) < 4.78 is 6.39. The highest BCUT2D eigenvalue weighted by Gasteiger charge is 2.46. The highest BCUT2D eigenvalue weighted by Crippen LogP contribution is 2.43. The number of ether oxygens (including phenoxy) is 1. The van der Waals surface area contributed by atoms with Crippen molar-refractivity contribution in [2.45, 2.75) is 71.6 Å². The highest BCUT2D eigenvalue weighted by molar-refractivity contribution is 5.46. The van der Waals surface area contributed by atoms with Crippen molar-refractivity contribution in [2.75, 3.05) is 13.1 Å². The molecular formula is C19H31NO2. The Kier molecular flexibility index (Phi) is 5.51. The van der Waals surface area contributed by atoms with Crippen LogP contribution in [0.4, 0.5) is 0 Å². The summed E-state index contributed by atoms with van der Waals surface area (Å²) in [5.41, 5.74) is 1.72. The monoisotopic (exact) mass is 305 g/mol. The lowest BCUT2D eigenvalue weighted by Crippen LogP contribution is -2.58. The molecule has 0 spiro atoms. The first-order valence-electron chi connectivity index (χ1n) is 8.69. The van der Waals surface area contributed by atoms with E-state index < -0.39 is 11.7 Å². The summed E-state index contributed by atoms with van der Waals surface area (Å²) in [5, 5.41) is 11.1. The van der Waals surface area contributed by atoms with E-state index in [0.29, 0.717) is 0 Å². The van der Waals surface area contributed by atoms with Crippen LogP contribution in [-0.4, -0.2) is 34.7 Å². The molecule has 3 nitrogen and oxygen atoms in total. The molecule has 1 aliphatic heterocycles. The Labute approximate surface area is 135 Å². The highest BCUT2D eigenvalue weighted by atomic mass is 16.5. The van der Waals surface area contributed by atoms with Crippen LogP contribution in [-0.2, 0) is 6.42 Å². The zero-order valence-corrected chi connectivity index (χ0v) is 14.7. The normalized spacial score (nSPS) is 23.2. The molecule has 0 aliphatic carbocycles. The predicted octanol–water partition coefficient (Wildman–Crippen LogP) is 3.94. The fourth-order valence-corrected chi connectivity index (χ4v) is 3.61. The molecule has 0 saturated heterocycles. The number of para-hydroxylation sites is 1. The van der Waals surface area contributed by atoms with Crippen molar-refractivity contribution in [3.8, 4) is 5.75 Å². The fourth-order valence-electron chi connectivity index (χ4n) is 3.61. The van der Waals surface area contributed by atoms with Gasteiger partial charge in [0.25, 0.3) is 0 Å². The van der Waals surface area contributed by atoms with E-state index in [1.165, 1.54) is 5.56 Å². The Hall–Kier alpha value is -1.06. The molecule has 1 N–H and O–H groups in total. The van der Waals surface area contributed by atoms with Crippen LogP contribution in [0.25, 0.3) is 0 Å². The van der Waals surface area contributed by atoms with Crippen molar-refractivity contribution in [3.63, 3.8) is 0 Å². The molecule has 124 valence electrons. The van der Waals surface area contributed by atoms with Crippen LogP contribution in [0.5, 0.6) is 5.75 Å². The standard InChI is InChI=1S/C19H31NO2/c1-6-9-13-20(8-3)18-16(21)15-12-10-11-14(7-2)17(15)22-19(18,4)5/h10-12,16,18,21H,6-9,13H2,1-5H3. The minimum absolute atomic E-state index is 0.0105. The lowest BCUT2D eigenvalue weighted by Gasteiger charge is -2.48. The Morgan fingerprint density at radius 3 is 2.55 bits per heavy atom. The molecule has 1 heterocycles. The molecule has 0 aromatic heterocycles. The van der Waals surface area contributed by atoms with Gasteiger partial charge in [0, 0.05) is 5.56 Å². The number of fused-ring (bicyclic) bond motifs is 1. The second-order valence-corrected chi connectivity index (χ2v) is 6.77. The third kappa shape index (κ3) is 3.16. The van der Waals surface area contributed by atoms with Crippen molar-refractivity contribution in [2.24, 2.45) is 0 Å². The Morgan fingerprint density at radius 1 is 1.23 bits per heavy atom. The second-order valence-electron chi connectivity index (χ2n) is 6.77. The summed E-state index contributed by atoms with van der Waals surface area (Å²) >= 11 is 0. The van der Waals surface area contributed by atoms with E-state index in [-0.39, 0.29) is 6.04 Å². The Balaban J connectivity index is 2.39. The van der Waals surface area contributed by atoms with Crippen molar-refractivity contribution < 1.29 is 9.84 Å². The predicted molar refractivity (Wildman–Crippen MR) is 91.4 cm³/mol. The number of benzene rings is 1. The fraction of sp³-hybridized carbons (Fsp3) is 0.684. The number of aryl methyl sites for hydroxylation is 1. The average Bonchev–Trinajstić information content (AvgIpc) is 2.49. The molecule has 0 amide bonds. The van der Waals surface area contributed by atoms with Gasteiger partial charge in [-0.15, -0.1) is 0 Å². The molecule has 0 fully saturated rings. The molecule has 0 bridgehead atoms. The maximum atomic E-state index is 11.1. The molecule has 0 radical (unpaired) electrons. The van der Waals surface area contributed by atoms with Gasteiger partial charge in [-0.1, -0.05) is 45.4 Å². The van der Waals surface area contributed by atoms with Crippen LogP contribution < -0.4 is 4.74 Å². The first-order valence-corrected chi connectivity index (χ1v) is 8.69. The van der Waals surface area contributed by atoms with E-state index in [2.05, 4.69) is 45.6 Å². The van der Waals surface area contributed by atoms with Gasteiger partial charge in [0.2, 0.25) is 0 Å². The van der Waals surface area contributed by atoms with Gasteiger partial charge < -0.3 is 9.84 Å². The topological polar surface area (TPSA) is 32.7 Å². The molecule has 1 aromatic rings. The number of unbranched alkanes of at least 4 members (excludes halogenated alkanes) is 1. The SMILES string of the molecule is CCCCN(CC)C1C(O)c2cccc(CC)c2OC1(C)C. The Bertz CT molecular complexity index is 498. The number of rotatable bonds is 6. The van der Waals surface area contributed by atoms with Crippen molar-refractivity contribution >= 4 is 0 Å². The van der Waals surface area contributed by atoms with E-state index in [0.717, 1.165) is 43.7 Å². The van der Waals surface area contributed by atoms with Crippen molar-refractivity contribution in [1.29, 1.82) is 0 Å². The Morgan fingerprint density at radius 2 is 1.95 bits per heavy atom. The molecule has 1 aromatic carbocycles. The second kappa shape index (κ2) is 7.01. The smallest absolute Gasteiger partial charge is 0.129 e. The summed E-state index contributed by atoms with van der Waals surface area (Å²) in [6.45, 7) is 12.6. The number of hydrogen-bond acceptors (Lipinski definition) is 3. The van der Waals surface area contributed by atoms with Crippen LogP contribution in [0, 0.1) is 0 Å². The van der Waals surface area contributed by atoms with Gasteiger partial charge in [-0.2, -0.15) is 0 Å². The summed E-state index contributed by atoms with van der Waals surface area (Å²) in [6, 6.07) is 6.12. The summed E-state index contributed by atoms with van der Waals surface area (Å²) in [6.07, 6.45) is 2.73. The zero-order valence-electron chi connectivity index (χ0n) is 14.7. The van der Waals surface area contributed by atoms with Gasteiger partial charge >= 0.3 is 0 Å². The third-order valence-corrected chi connectivity index (χ3v) is 4.80. The van der Waals surface area contributed by atoms with E-state index in [4.69, 9.17) is 4.74 Å². The maximum Gasteiger partial charge on any atom is 0.129 e. The minimum atomic E-state index is -0.498. The number of hydrogen-bond donors (Lipinski definition) is 1. The minimum Gasteiger partial charge on any atom is -0.485 e. The van der Waals surface area contributed by atoms with Gasteiger partial charge in [-0.05, 0) is 45.3 Å². The third-order valence-electron chi connectivity index (χ3n) is 4.80. The van der Waals surface area contributed by atoms with Crippen LogP contribution in [0.2, 0.25) is 0 Å². The van der Waals surface area contributed by atoms with E-state index >= 15 is 0 Å². The summed E-state index contributed by atoms with van der Waals surface area (Å²) in [7, 11) is 0. The number of likely N-dealkylation sites (N-methyl/N-ethyl adjacent to an activating group) is 1. The molecule has 1 aliphatic rings. The summed E-state index contributed by atoms with van der Waals surface area (Å²) in [5.74, 6) is 0.894. The molecule has 22 heavy (non-hydrogen) atoms. The van der Waals surface area contributed by atoms with Crippen LogP contribution in [0.1, 0.15) is 64.7 Å². The van der Waals surface area contributed by atoms with E-state index in [1.807, 2.05) is 12.1 Å². The van der Waals surface area contributed by atoms with Crippen molar-refractivity contribution in [1.82, 2.24) is 4.90 Å². The first kappa shape index (κ1) is 17.3. The molecular weight excluding hydrogens is 274 g/mol. The van der Waals surface area contributed by atoms with Gasteiger partial charge in [-0.3, -0.25) is 4.90 Å². The maximum absolute atomic E-state index is 11.1. The van der Waals surface area contributed by atoms with Crippen LogP contribution >= 0.6 is 0 Å². The van der Waals surface area contributed by atoms with Crippen molar-refractivity contribution in [3.05, 3.63) is 29.3 Å². The zero-order chi connectivity index (χ0) is 16.3. The van der Waals surface area contributed by atoms with Gasteiger partial charge in [-0.25, -0.2) is 0 Å². The lowest BCUT2D eigenvalue weighted by atomic mass is 9.83. The van der Waals surface area contributed by atoms with Gasteiger partial charge in [0.05, 0.1) is 6.04 Å². The van der Waals surface area contributed by atoms with E-state index in [9.17, 15) is 5.11 Å². The van der Waals surface area contributed by atoms with Crippen LogP contribution in [0.15, 0.2) is 18.2 Å². The molecule has 3 heteroatoms. The molecule has 0 saturated carbocycles. The number of aliphatic hydroxyl groups excluding tert-OH is 1. The lowest BCUT2D eigenvalue weighted by molar-refractivity contribution is -0.0821. The number of aliphatic hydroxyl groups is 1.